The van der Waals surface area contributed by atoms with Crippen LogP contribution in [-0.2, 0) is 6.54 Å². The smallest absolute Gasteiger partial charge is 0.149 e. The van der Waals surface area contributed by atoms with Crippen LogP contribution in [-0.4, -0.2) is 9.97 Å². The molecule has 0 aliphatic heterocycles. The van der Waals surface area contributed by atoms with E-state index in [1.807, 2.05) is 38.1 Å². The number of rotatable bonds is 3. The van der Waals surface area contributed by atoms with Crippen molar-refractivity contribution < 1.29 is 0 Å². The SMILES string of the molecule is Cc1ccc(N)c(NCc2ncccc2C)n1. The Bertz CT molecular complexity index is 523. The summed E-state index contributed by atoms with van der Waals surface area (Å²) >= 11 is 0. The monoisotopic (exact) mass is 228 g/mol. The van der Waals surface area contributed by atoms with Gasteiger partial charge in [-0.25, -0.2) is 4.98 Å². The molecular formula is C13H16N4. The topological polar surface area (TPSA) is 63.8 Å². The normalized spacial score (nSPS) is 10.2. The molecule has 17 heavy (non-hydrogen) atoms. The van der Waals surface area contributed by atoms with Crippen molar-refractivity contribution in [2.45, 2.75) is 20.4 Å². The van der Waals surface area contributed by atoms with Crippen molar-refractivity contribution >= 4 is 11.5 Å². The van der Waals surface area contributed by atoms with Crippen LogP contribution in [0.1, 0.15) is 17.0 Å². The van der Waals surface area contributed by atoms with Gasteiger partial charge in [0.2, 0.25) is 0 Å². The molecule has 0 atom stereocenters. The number of nitrogen functional groups attached to an aromatic ring is 1. The van der Waals surface area contributed by atoms with E-state index in [4.69, 9.17) is 5.73 Å². The average Bonchev–Trinajstić information content (AvgIpc) is 2.32. The molecule has 0 aliphatic carbocycles. The quantitative estimate of drug-likeness (QED) is 0.846. The van der Waals surface area contributed by atoms with Gasteiger partial charge in [-0.1, -0.05) is 6.07 Å². The van der Waals surface area contributed by atoms with Crippen molar-refractivity contribution in [1.82, 2.24) is 9.97 Å². The molecule has 0 aliphatic rings. The van der Waals surface area contributed by atoms with Crippen molar-refractivity contribution in [3.63, 3.8) is 0 Å². The van der Waals surface area contributed by atoms with Gasteiger partial charge in [0, 0.05) is 11.9 Å². The number of nitrogens with one attached hydrogen (secondary N) is 1. The van der Waals surface area contributed by atoms with E-state index in [1.54, 1.807) is 6.20 Å². The van der Waals surface area contributed by atoms with Gasteiger partial charge in [-0.3, -0.25) is 4.98 Å². The van der Waals surface area contributed by atoms with Gasteiger partial charge in [0.05, 0.1) is 17.9 Å². The zero-order chi connectivity index (χ0) is 12.3. The summed E-state index contributed by atoms with van der Waals surface area (Å²) < 4.78 is 0. The molecule has 2 heterocycles. The summed E-state index contributed by atoms with van der Waals surface area (Å²) in [6.07, 6.45) is 1.79. The van der Waals surface area contributed by atoms with Gasteiger partial charge < -0.3 is 11.1 Å². The van der Waals surface area contributed by atoms with E-state index in [0.29, 0.717) is 12.2 Å². The molecule has 2 aromatic rings. The summed E-state index contributed by atoms with van der Waals surface area (Å²) in [5.41, 5.74) is 9.61. The summed E-state index contributed by atoms with van der Waals surface area (Å²) in [7, 11) is 0. The lowest BCUT2D eigenvalue weighted by Gasteiger charge is -2.09. The van der Waals surface area contributed by atoms with Gasteiger partial charge in [0.1, 0.15) is 5.82 Å². The molecule has 0 saturated carbocycles. The highest BCUT2D eigenvalue weighted by molar-refractivity contribution is 5.61. The Morgan fingerprint density at radius 3 is 2.82 bits per heavy atom. The molecule has 0 saturated heterocycles. The molecule has 0 spiro atoms. The van der Waals surface area contributed by atoms with E-state index < -0.39 is 0 Å². The molecule has 0 radical (unpaired) electrons. The van der Waals surface area contributed by atoms with Crippen LogP contribution < -0.4 is 11.1 Å². The number of hydrogen-bond donors (Lipinski definition) is 2. The van der Waals surface area contributed by atoms with Crippen LogP contribution in [0.25, 0.3) is 0 Å². The highest BCUT2D eigenvalue weighted by atomic mass is 15.0. The van der Waals surface area contributed by atoms with Crippen molar-refractivity contribution in [2.75, 3.05) is 11.1 Å². The maximum absolute atomic E-state index is 5.85. The van der Waals surface area contributed by atoms with E-state index >= 15 is 0 Å². The van der Waals surface area contributed by atoms with E-state index in [0.717, 1.165) is 22.8 Å². The van der Waals surface area contributed by atoms with Gasteiger partial charge in [-0.15, -0.1) is 0 Å². The summed E-state index contributed by atoms with van der Waals surface area (Å²) in [6, 6.07) is 7.72. The molecule has 0 unspecified atom stereocenters. The Kier molecular flexibility index (Phi) is 3.23. The number of aryl methyl sites for hydroxylation is 2. The molecule has 4 heteroatoms. The first-order valence-electron chi connectivity index (χ1n) is 5.54. The fraction of sp³-hybridized carbons (Fsp3) is 0.231. The van der Waals surface area contributed by atoms with Crippen molar-refractivity contribution in [1.29, 1.82) is 0 Å². The van der Waals surface area contributed by atoms with E-state index in [9.17, 15) is 0 Å². The predicted octanol–water partition coefficient (Wildman–Crippen LogP) is 2.29. The Labute approximate surface area is 101 Å². The Morgan fingerprint density at radius 1 is 1.24 bits per heavy atom. The first-order valence-corrected chi connectivity index (χ1v) is 5.54. The van der Waals surface area contributed by atoms with Gasteiger partial charge in [0.15, 0.2) is 0 Å². The highest BCUT2D eigenvalue weighted by Gasteiger charge is 2.03. The van der Waals surface area contributed by atoms with Gasteiger partial charge in [0.25, 0.3) is 0 Å². The largest absolute Gasteiger partial charge is 0.396 e. The third-order valence-electron chi connectivity index (χ3n) is 2.61. The Morgan fingerprint density at radius 2 is 2.06 bits per heavy atom. The molecule has 0 aromatic carbocycles. The molecular weight excluding hydrogens is 212 g/mol. The van der Waals surface area contributed by atoms with Gasteiger partial charge in [-0.2, -0.15) is 0 Å². The fourth-order valence-corrected chi connectivity index (χ4v) is 1.58. The Balaban J connectivity index is 2.12. The van der Waals surface area contributed by atoms with Crippen LogP contribution >= 0.6 is 0 Å². The first kappa shape index (κ1) is 11.4. The fourth-order valence-electron chi connectivity index (χ4n) is 1.58. The average molecular weight is 228 g/mol. The number of nitrogens with two attached hydrogens (primary N) is 1. The standard InChI is InChI=1S/C13H16N4/c1-9-4-3-7-15-12(9)8-16-13-11(14)6-5-10(2)17-13/h3-7H,8,14H2,1-2H3,(H,16,17). The minimum Gasteiger partial charge on any atom is -0.396 e. The van der Waals surface area contributed by atoms with Crippen molar-refractivity contribution in [3.8, 4) is 0 Å². The first-order chi connectivity index (χ1) is 8.16. The zero-order valence-corrected chi connectivity index (χ0v) is 10.1. The summed E-state index contributed by atoms with van der Waals surface area (Å²) in [6.45, 7) is 4.61. The summed E-state index contributed by atoms with van der Waals surface area (Å²) in [5.74, 6) is 0.718. The number of pyridine rings is 2. The molecule has 0 bridgehead atoms. The molecule has 2 aromatic heterocycles. The second-order valence-electron chi connectivity index (χ2n) is 4.01. The number of aromatic nitrogens is 2. The maximum Gasteiger partial charge on any atom is 0.149 e. The number of nitrogens with zero attached hydrogens (tertiary/aromatic N) is 2. The van der Waals surface area contributed by atoms with Crippen molar-refractivity contribution in [3.05, 3.63) is 47.4 Å². The van der Waals surface area contributed by atoms with Gasteiger partial charge >= 0.3 is 0 Å². The second-order valence-corrected chi connectivity index (χ2v) is 4.01. The molecule has 0 amide bonds. The van der Waals surface area contributed by atoms with E-state index in [2.05, 4.69) is 15.3 Å². The predicted molar refractivity (Wildman–Crippen MR) is 69.7 cm³/mol. The lowest BCUT2D eigenvalue weighted by molar-refractivity contribution is 1.00. The van der Waals surface area contributed by atoms with Crippen LogP contribution in [0.5, 0.6) is 0 Å². The van der Waals surface area contributed by atoms with E-state index in [-0.39, 0.29) is 0 Å². The number of hydrogen-bond acceptors (Lipinski definition) is 4. The summed E-state index contributed by atoms with van der Waals surface area (Å²) in [4.78, 5) is 8.67. The zero-order valence-electron chi connectivity index (χ0n) is 10.1. The minimum atomic E-state index is 0.632. The van der Waals surface area contributed by atoms with Crippen LogP contribution in [0.3, 0.4) is 0 Å². The van der Waals surface area contributed by atoms with Crippen LogP contribution in [0.15, 0.2) is 30.5 Å². The molecule has 4 nitrogen and oxygen atoms in total. The second kappa shape index (κ2) is 4.82. The third kappa shape index (κ3) is 2.72. The van der Waals surface area contributed by atoms with Crippen LogP contribution in [0, 0.1) is 13.8 Å². The molecule has 2 rings (SSSR count). The van der Waals surface area contributed by atoms with Gasteiger partial charge in [-0.05, 0) is 37.6 Å². The minimum absolute atomic E-state index is 0.632. The highest BCUT2D eigenvalue weighted by Crippen LogP contribution is 2.16. The molecule has 88 valence electrons. The third-order valence-corrected chi connectivity index (χ3v) is 2.61. The van der Waals surface area contributed by atoms with Crippen molar-refractivity contribution in [2.24, 2.45) is 0 Å². The maximum atomic E-state index is 5.85. The Hall–Kier alpha value is -2.10. The number of anilines is 2. The molecule has 0 fully saturated rings. The van der Waals surface area contributed by atoms with Crippen LogP contribution in [0.2, 0.25) is 0 Å². The van der Waals surface area contributed by atoms with E-state index in [1.165, 1.54) is 0 Å². The summed E-state index contributed by atoms with van der Waals surface area (Å²) in [5, 5.41) is 3.21. The molecule has 3 N–H and O–H groups in total. The lowest BCUT2D eigenvalue weighted by atomic mass is 10.2. The van der Waals surface area contributed by atoms with Crippen LogP contribution in [0.4, 0.5) is 11.5 Å². The lowest BCUT2D eigenvalue weighted by Crippen LogP contribution is -2.07.